The minimum Gasteiger partial charge on any atom is -0.497 e. The molecule has 0 unspecified atom stereocenters. The van der Waals surface area contributed by atoms with Gasteiger partial charge in [0.1, 0.15) is 17.3 Å². The molecule has 16 heavy (non-hydrogen) atoms. The molecule has 0 saturated heterocycles. The number of halogens is 2. The van der Waals surface area contributed by atoms with Crippen molar-refractivity contribution < 1.29 is 9.13 Å². The molecule has 0 aliphatic rings. The fraction of sp³-hybridized carbons (Fsp3) is 0.222. The van der Waals surface area contributed by atoms with Crippen LogP contribution < -0.4 is 4.74 Å². The molecule has 0 N–H and O–H groups in total. The van der Waals surface area contributed by atoms with E-state index in [0.717, 1.165) is 0 Å². The number of nitrogens with zero attached hydrogens (tertiary/aromatic N) is 4. The highest BCUT2D eigenvalue weighted by atomic mass is 35.5. The van der Waals surface area contributed by atoms with E-state index in [1.165, 1.54) is 30.0 Å². The molecule has 2 rings (SSSR count). The van der Waals surface area contributed by atoms with E-state index in [1.807, 2.05) is 0 Å². The highest BCUT2D eigenvalue weighted by Crippen LogP contribution is 2.20. The van der Waals surface area contributed by atoms with Crippen molar-refractivity contribution in [2.45, 2.75) is 5.88 Å². The Labute approximate surface area is 95.8 Å². The molecule has 1 aromatic heterocycles. The van der Waals surface area contributed by atoms with Crippen molar-refractivity contribution in [3.8, 4) is 11.4 Å². The van der Waals surface area contributed by atoms with Crippen molar-refractivity contribution in [2.75, 3.05) is 7.11 Å². The minimum atomic E-state index is -0.445. The smallest absolute Gasteiger partial charge is 0.171 e. The topological polar surface area (TPSA) is 52.8 Å². The zero-order valence-corrected chi connectivity index (χ0v) is 9.15. The molecule has 0 aliphatic carbocycles. The van der Waals surface area contributed by atoms with Gasteiger partial charge >= 0.3 is 0 Å². The molecule has 5 nitrogen and oxygen atoms in total. The molecule has 0 spiro atoms. The number of hydrogen-bond donors (Lipinski definition) is 0. The van der Waals surface area contributed by atoms with Gasteiger partial charge in [0.25, 0.3) is 0 Å². The number of ether oxygens (including phenoxy) is 1. The van der Waals surface area contributed by atoms with Crippen LogP contribution in [0.5, 0.6) is 5.75 Å². The second-order valence-corrected chi connectivity index (χ2v) is 3.23. The Hall–Kier alpha value is -1.69. The Bertz CT molecular complexity index is 502. The highest BCUT2D eigenvalue weighted by Gasteiger charge is 2.12. The van der Waals surface area contributed by atoms with E-state index in [-0.39, 0.29) is 11.6 Å². The molecule has 2 aromatic rings. The van der Waals surface area contributed by atoms with Gasteiger partial charge in [0.2, 0.25) is 0 Å². The summed E-state index contributed by atoms with van der Waals surface area (Å²) in [5, 5.41) is 10.8. The Morgan fingerprint density at radius 3 is 3.00 bits per heavy atom. The highest BCUT2D eigenvalue weighted by molar-refractivity contribution is 6.16. The van der Waals surface area contributed by atoms with Crippen molar-refractivity contribution in [1.82, 2.24) is 20.2 Å². The quantitative estimate of drug-likeness (QED) is 0.767. The fourth-order valence-electron chi connectivity index (χ4n) is 1.26. The van der Waals surface area contributed by atoms with E-state index in [4.69, 9.17) is 16.3 Å². The summed E-state index contributed by atoms with van der Waals surface area (Å²) >= 11 is 5.63. The summed E-state index contributed by atoms with van der Waals surface area (Å²) in [6.45, 7) is 0. The average molecular weight is 243 g/mol. The molecule has 84 valence electrons. The minimum absolute atomic E-state index is 0.101. The van der Waals surface area contributed by atoms with Crippen LogP contribution in [-0.2, 0) is 5.88 Å². The molecule has 0 aliphatic heterocycles. The van der Waals surface area contributed by atoms with Crippen LogP contribution in [0.3, 0.4) is 0 Å². The number of rotatable bonds is 3. The standard InChI is InChI=1S/C9H8ClFN4O/c1-16-6-2-3-7(11)8(4-6)15-9(5-10)12-13-14-15/h2-4H,5H2,1H3. The molecule has 1 heterocycles. The molecule has 0 amide bonds. The predicted molar refractivity (Wildman–Crippen MR) is 55.2 cm³/mol. The van der Waals surface area contributed by atoms with Crippen LogP contribution in [0.4, 0.5) is 4.39 Å². The number of benzene rings is 1. The first kappa shape index (κ1) is 10.8. The van der Waals surface area contributed by atoms with E-state index in [9.17, 15) is 4.39 Å². The number of methoxy groups -OCH3 is 1. The molecule has 0 atom stereocenters. The van der Waals surface area contributed by atoms with Crippen molar-refractivity contribution in [1.29, 1.82) is 0 Å². The van der Waals surface area contributed by atoms with Gasteiger partial charge < -0.3 is 4.74 Å². The van der Waals surface area contributed by atoms with Gasteiger partial charge in [-0.3, -0.25) is 0 Å². The van der Waals surface area contributed by atoms with Crippen LogP contribution in [0.25, 0.3) is 5.69 Å². The van der Waals surface area contributed by atoms with Gasteiger partial charge in [-0.2, -0.15) is 4.68 Å². The molecule has 0 bridgehead atoms. The van der Waals surface area contributed by atoms with Crippen LogP contribution in [0.1, 0.15) is 5.82 Å². The Balaban J connectivity index is 2.54. The molecule has 1 aromatic carbocycles. The third-order valence-electron chi connectivity index (χ3n) is 2.04. The summed E-state index contributed by atoms with van der Waals surface area (Å²) in [5.74, 6) is 0.546. The Morgan fingerprint density at radius 1 is 1.50 bits per heavy atom. The lowest BCUT2D eigenvalue weighted by atomic mass is 10.3. The maximum atomic E-state index is 13.6. The summed E-state index contributed by atoms with van der Waals surface area (Å²) in [6.07, 6.45) is 0. The predicted octanol–water partition coefficient (Wildman–Crippen LogP) is 1.55. The summed E-state index contributed by atoms with van der Waals surface area (Å²) in [6, 6.07) is 4.30. The van der Waals surface area contributed by atoms with Gasteiger partial charge in [0, 0.05) is 6.07 Å². The van der Waals surface area contributed by atoms with E-state index < -0.39 is 5.82 Å². The number of tetrazole rings is 1. The third kappa shape index (κ3) is 1.83. The lowest BCUT2D eigenvalue weighted by molar-refractivity contribution is 0.413. The third-order valence-corrected chi connectivity index (χ3v) is 2.27. The van der Waals surface area contributed by atoms with E-state index in [0.29, 0.717) is 11.6 Å². The summed E-state index contributed by atoms with van der Waals surface area (Å²) in [5.41, 5.74) is 0.208. The van der Waals surface area contributed by atoms with Gasteiger partial charge in [0.15, 0.2) is 5.82 Å². The largest absolute Gasteiger partial charge is 0.497 e. The van der Waals surface area contributed by atoms with Crippen molar-refractivity contribution in [3.63, 3.8) is 0 Å². The molecular weight excluding hydrogens is 235 g/mol. The monoisotopic (exact) mass is 242 g/mol. The SMILES string of the molecule is COc1ccc(F)c(-n2nnnc2CCl)c1. The van der Waals surface area contributed by atoms with Crippen molar-refractivity contribution >= 4 is 11.6 Å². The van der Waals surface area contributed by atoms with Gasteiger partial charge in [-0.1, -0.05) is 0 Å². The normalized spacial score (nSPS) is 10.4. The Kier molecular flexibility index (Phi) is 3.00. The number of aromatic nitrogens is 4. The molecule has 0 fully saturated rings. The first-order valence-corrected chi connectivity index (χ1v) is 4.97. The van der Waals surface area contributed by atoms with Gasteiger partial charge in [0.05, 0.1) is 13.0 Å². The lowest BCUT2D eigenvalue weighted by Crippen LogP contribution is -2.04. The summed E-state index contributed by atoms with van der Waals surface area (Å²) < 4.78 is 19.8. The number of alkyl halides is 1. The zero-order valence-electron chi connectivity index (χ0n) is 8.39. The van der Waals surface area contributed by atoms with E-state index >= 15 is 0 Å². The second-order valence-electron chi connectivity index (χ2n) is 2.96. The maximum Gasteiger partial charge on any atom is 0.171 e. The van der Waals surface area contributed by atoms with Crippen LogP contribution >= 0.6 is 11.6 Å². The fourth-order valence-corrected chi connectivity index (χ4v) is 1.42. The van der Waals surface area contributed by atoms with Crippen LogP contribution in [-0.4, -0.2) is 27.3 Å². The summed E-state index contributed by atoms with van der Waals surface area (Å²) in [4.78, 5) is 0. The number of hydrogen-bond acceptors (Lipinski definition) is 4. The molecular formula is C9H8ClFN4O. The Morgan fingerprint density at radius 2 is 2.31 bits per heavy atom. The maximum absolute atomic E-state index is 13.6. The van der Waals surface area contributed by atoms with Crippen molar-refractivity contribution in [3.05, 3.63) is 29.8 Å². The first-order chi connectivity index (χ1) is 7.76. The zero-order chi connectivity index (χ0) is 11.5. The molecule has 0 saturated carbocycles. The average Bonchev–Trinajstić information content (AvgIpc) is 2.77. The van der Waals surface area contributed by atoms with Gasteiger partial charge in [-0.25, -0.2) is 4.39 Å². The molecule has 0 radical (unpaired) electrons. The van der Waals surface area contributed by atoms with Gasteiger partial charge in [-0.15, -0.1) is 16.7 Å². The van der Waals surface area contributed by atoms with E-state index in [2.05, 4.69) is 15.5 Å². The first-order valence-electron chi connectivity index (χ1n) is 4.43. The summed E-state index contributed by atoms with van der Waals surface area (Å²) in [7, 11) is 1.50. The molecule has 7 heteroatoms. The van der Waals surface area contributed by atoms with Crippen LogP contribution in [0.15, 0.2) is 18.2 Å². The van der Waals surface area contributed by atoms with Crippen LogP contribution in [0.2, 0.25) is 0 Å². The van der Waals surface area contributed by atoms with Crippen molar-refractivity contribution in [2.24, 2.45) is 0 Å². The lowest BCUT2D eigenvalue weighted by Gasteiger charge is -2.06. The second kappa shape index (κ2) is 4.44. The van der Waals surface area contributed by atoms with Gasteiger partial charge in [-0.05, 0) is 22.6 Å². The van der Waals surface area contributed by atoms with Crippen LogP contribution in [0, 0.1) is 5.82 Å². The van der Waals surface area contributed by atoms with E-state index in [1.54, 1.807) is 0 Å².